The number of piperidine rings is 1. The molecule has 1 aliphatic rings. The maximum Gasteiger partial charge on any atom is 0.262 e. The third kappa shape index (κ3) is 3.99. The van der Waals surface area contributed by atoms with Gasteiger partial charge in [0.25, 0.3) is 10.0 Å². The van der Waals surface area contributed by atoms with E-state index in [1.54, 1.807) is 29.2 Å². The summed E-state index contributed by atoms with van der Waals surface area (Å²) in [7, 11) is -0.0724. The maximum absolute atomic E-state index is 12.8. The minimum absolute atomic E-state index is 0.123. The topological polar surface area (TPSA) is 82.3 Å². The molecule has 8 nitrogen and oxygen atoms in total. The van der Waals surface area contributed by atoms with Crippen LogP contribution in [0.2, 0.25) is 0 Å². The number of rotatable bonds is 7. The normalized spacial score (nSPS) is 19.1. The van der Waals surface area contributed by atoms with Crippen LogP contribution in [0.15, 0.2) is 23.7 Å². The number of hydrogen-bond donors (Lipinski definition) is 0. The Balaban J connectivity index is 1.71. The quantitative estimate of drug-likeness (QED) is 0.720. The Hall–Kier alpha value is -1.71. The van der Waals surface area contributed by atoms with E-state index in [0.717, 1.165) is 37.3 Å². The van der Waals surface area contributed by atoms with Crippen molar-refractivity contribution < 1.29 is 13.2 Å². The second kappa shape index (κ2) is 7.89. The molecule has 0 saturated carbocycles. The van der Waals surface area contributed by atoms with E-state index in [1.807, 2.05) is 13.1 Å². The van der Waals surface area contributed by atoms with Gasteiger partial charge in [-0.3, -0.25) is 0 Å². The average molecular weight is 382 g/mol. The first-order valence-corrected chi connectivity index (χ1v) is 10.3. The van der Waals surface area contributed by atoms with Crippen molar-refractivity contribution >= 4 is 10.0 Å². The third-order valence-electron chi connectivity index (χ3n) is 4.90. The van der Waals surface area contributed by atoms with Gasteiger partial charge in [-0.15, -0.1) is 0 Å². The molecule has 0 N–H and O–H groups in total. The zero-order valence-corrected chi connectivity index (χ0v) is 16.4. The van der Waals surface area contributed by atoms with Gasteiger partial charge in [-0.05, 0) is 25.7 Å². The van der Waals surface area contributed by atoms with Crippen LogP contribution in [0.25, 0.3) is 0 Å². The Bertz CT molecular complexity index is 842. The summed E-state index contributed by atoms with van der Waals surface area (Å²) in [5.41, 5.74) is 1.10. The molecule has 3 heterocycles. The number of sulfonamides is 1. The molecule has 3 rings (SSSR count). The number of ether oxygens (including phenoxy) is 1. The summed E-state index contributed by atoms with van der Waals surface area (Å²) in [5, 5.41) is 0.123. The largest absolute Gasteiger partial charge is 0.383 e. The number of hydrogen-bond acceptors (Lipinski definition) is 5. The summed E-state index contributed by atoms with van der Waals surface area (Å²) in [5.74, 6) is 1.26. The second-order valence-electron chi connectivity index (χ2n) is 6.91. The van der Waals surface area contributed by atoms with Gasteiger partial charge in [0, 0.05) is 58.3 Å². The maximum atomic E-state index is 12.8. The molecular weight excluding hydrogens is 354 g/mol. The van der Waals surface area contributed by atoms with Gasteiger partial charge in [0.05, 0.1) is 12.9 Å². The van der Waals surface area contributed by atoms with Crippen molar-refractivity contribution in [2.24, 2.45) is 13.0 Å². The van der Waals surface area contributed by atoms with Crippen LogP contribution in [0.1, 0.15) is 24.4 Å². The highest BCUT2D eigenvalue weighted by atomic mass is 32.2. The van der Waals surface area contributed by atoms with Crippen molar-refractivity contribution in [3.8, 4) is 0 Å². The van der Waals surface area contributed by atoms with Crippen LogP contribution in [0.5, 0.6) is 0 Å². The fraction of sp³-hybridized carbons (Fsp3) is 0.647. The fourth-order valence-electron chi connectivity index (χ4n) is 3.49. The average Bonchev–Trinajstić information content (AvgIpc) is 3.20. The molecular formula is C17H27N5O3S. The number of methoxy groups -OCH3 is 1. The van der Waals surface area contributed by atoms with Gasteiger partial charge in [0.1, 0.15) is 5.82 Å². The van der Waals surface area contributed by atoms with E-state index < -0.39 is 10.0 Å². The minimum Gasteiger partial charge on any atom is -0.383 e. The standard InChI is InChI=1S/C17H27N5O3S/c1-14-10-18-16(22(14)7-8-25-3)9-15-5-4-6-21(11-15)26(23,24)17-12-20(2)13-19-17/h10,12-13,15H,4-9,11H2,1-3H3. The van der Waals surface area contributed by atoms with Gasteiger partial charge in [-0.2, -0.15) is 4.31 Å². The highest BCUT2D eigenvalue weighted by Gasteiger charge is 2.32. The van der Waals surface area contributed by atoms with Crippen molar-refractivity contribution in [1.29, 1.82) is 0 Å². The van der Waals surface area contributed by atoms with Crippen molar-refractivity contribution in [2.75, 3.05) is 26.8 Å². The molecule has 0 aromatic carbocycles. The smallest absolute Gasteiger partial charge is 0.262 e. The molecule has 1 unspecified atom stereocenters. The number of aromatic nitrogens is 4. The molecule has 1 fully saturated rings. The van der Waals surface area contributed by atoms with Gasteiger partial charge in [-0.1, -0.05) is 0 Å². The molecule has 0 amide bonds. The molecule has 0 bridgehead atoms. The highest BCUT2D eigenvalue weighted by Crippen LogP contribution is 2.25. The van der Waals surface area contributed by atoms with Gasteiger partial charge < -0.3 is 13.9 Å². The zero-order chi connectivity index (χ0) is 18.7. The molecule has 0 radical (unpaired) electrons. The first-order valence-electron chi connectivity index (χ1n) is 8.90. The lowest BCUT2D eigenvalue weighted by atomic mass is 9.96. The van der Waals surface area contributed by atoms with Crippen LogP contribution < -0.4 is 0 Å². The Labute approximate surface area is 154 Å². The third-order valence-corrected chi connectivity index (χ3v) is 6.65. The van der Waals surface area contributed by atoms with E-state index in [9.17, 15) is 8.42 Å². The van der Waals surface area contributed by atoms with E-state index in [0.29, 0.717) is 19.7 Å². The van der Waals surface area contributed by atoms with Gasteiger partial charge >= 0.3 is 0 Å². The van der Waals surface area contributed by atoms with E-state index in [1.165, 1.54) is 6.33 Å². The van der Waals surface area contributed by atoms with Crippen LogP contribution in [-0.4, -0.2) is 58.6 Å². The summed E-state index contributed by atoms with van der Waals surface area (Å²) in [6.45, 7) is 4.49. The Morgan fingerprint density at radius 3 is 2.85 bits per heavy atom. The molecule has 1 saturated heterocycles. The number of aryl methyl sites for hydroxylation is 2. The molecule has 1 aliphatic heterocycles. The predicted octanol–water partition coefficient (Wildman–Crippen LogP) is 1.21. The van der Waals surface area contributed by atoms with Crippen LogP contribution >= 0.6 is 0 Å². The fourth-order valence-corrected chi connectivity index (χ4v) is 5.01. The molecule has 144 valence electrons. The number of imidazole rings is 2. The molecule has 1 atom stereocenters. The van der Waals surface area contributed by atoms with E-state index in [2.05, 4.69) is 14.5 Å². The predicted molar refractivity (Wildman–Crippen MR) is 97.2 cm³/mol. The highest BCUT2D eigenvalue weighted by molar-refractivity contribution is 7.89. The molecule has 2 aromatic rings. The van der Waals surface area contributed by atoms with Crippen LogP contribution in [0.4, 0.5) is 0 Å². The van der Waals surface area contributed by atoms with E-state index in [4.69, 9.17) is 4.74 Å². The molecule has 26 heavy (non-hydrogen) atoms. The first kappa shape index (κ1) is 19.1. The lowest BCUT2D eigenvalue weighted by Gasteiger charge is -2.31. The molecule has 2 aromatic heterocycles. The van der Waals surface area contributed by atoms with Gasteiger partial charge in [0.2, 0.25) is 0 Å². The first-order chi connectivity index (χ1) is 12.4. The lowest BCUT2D eigenvalue weighted by molar-refractivity contribution is 0.184. The summed E-state index contributed by atoms with van der Waals surface area (Å²) in [6, 6.07) is 0. The van der Waals surface area contributed by atoms with Crippen LogP contribution in [0, 0.1) is 12.8 Å². The molecule has 0 aliphatic carbocycles. The second-order valence-corrected chi connectivity index (χ2v) is 8.80. The van der Waals surface area contributed by atoms with Crippen molar-refractivity contribution in [1.82, 2.24) is 23.4 Å². The summed E-state index contributed by atoms with van der Waals surface area (Å²) >= 11 is 0. The zero-order valence-electron chi connectivity index (χ0n) is 15.6. The summed E-state index contributed by atoms with van der Waals surface area (Å²) in [4.78, 5) is 8.56. The minimum atomic E-state index is -3.53. The van der Waals surface area contributed by atoms with Gasteiger partial charge in [0.15, 0.2) is 5.03 Å². The van der Waals surface area contributed by atoms with E-state index >= 15 is 0 Å². The van der Waals surface area contributed by atoms with Crippen molar-refractivity contribution in [2.45, 2.75) is 37.8 Å². The SMILES string of the molecule is COCCn1c(C)cnc1CC1CCCN(S(=O)(=O)c2cn(C)cn2)C1. The molecule has 9 heteroatoms. The van der Waals surface area contributed by atoms with Crippen molar-refractivity contribution in [3.63, 3.8) is 0 Å². The summed E-state index contributed by atoms with van der Waals surface area (Å²) in [6.07, 6.45) is 7.57. The van der Waals surface area contributed by atoms with Crippen LogP contribution in [0.3, 0.4) is 0 Å². The van der Waals surface area contributed by atoms with Gasteiger partial charge in [-0.25, -0.2) is 18.4 Å². The monoisotopic (exact) mass is 381 g/mol. The Morgan fingerprint density at radius 1 is 1.35 bits per heavy atom. The molecule has 0 spiro atoms. The Kier molecular flexibility index (Phi) is 5.79. The Morgan fingerprint density at radius 2 is 2.15 bits per heavy atom. The number of nitrogens with zero attached hydrogens (tertiary/aromatic N) is 5. The van der Waals surface area contributed by atoms with Crippen molar-refractivity contribution in [3.05, 3.63) is 30.2 Å². The van der Waals surface area contributed by atoms with E-state index in [-0.39, 0.29) is 10.9 Å². The summed E-state index contributed by atoms with van der Waals surface area (Å²) < 4.78 is 36.2. The van der Waals surface area contributed by atoms with Crippen LogP contribution in [-0.2, 0) is 34.8 Å². The lowest BCUT2D eigenvalue weighted by Crippen LogP contribution is -2.40.